The van der Waals surface area contributed by atoms with Gasteiger partial charge in [-0.3, -0.25) is 0 Å². The van der Waals surface area contributed by atoms with Gasteiger partial charge in [-0.2, -0.15) is 0 Å². The first kappa shape index (κ1) is 22.4. The second kappa shape index (κ2) is 8.28. The van der Waals surface area contributed by atoms with E-state index in [-0.39, 0.29) is 29.0 Å². The van der Waals surface area contributed by atoms with Gasteiger partial charge >= 0.3 is 0 Å². The summed E-state index contributed by atoms with van der Waals surface area (Å²) in [5, 5.41) is 90.9. The van der Waals surface area contributed by atoms with Crippen molar-refractivity contribution in [1.29, 1.82) is 0 Å². The summed E-state index contributed by atoms with van der Waals surface area (Å²) in [6.07, 6.45) is -10.1. The molecule has 0 aliphatic carbocycles. The van der Waals surface area contributed by atoms with Gasteiger partial charge < -0.3 is 55.4 Å². The lowest BCUT2D eigenvalue weighted by atomic mass is 9.87. The number of aromatic hydroxyl groups is 4. The average Bonchev–Trinajstić information content (AvgIpc) is 2.76. The zero-order valence-corrected chi connectivity index (χ0v) is 16.6. The van der Waals surface area contributed by atoms with Crippen molar-refractivity contribution in [1.82, 2.24) is 0 Å². The largest absolute Gasteiger partial charge is 0.507 e. The van der Waals surface area contributed by atoms with Gasteiger partial charge in [-0.05, 0) is 17.7 Å². The minimum atomic E-state index is -1.73. The van der Waals surface area contributed by atoms with Gasteiger partial charge in [0, 0.05) is 18.1 Å². The van der Waals surface area contributed by atoms with E-state index in [9.17, 15) is 46.0 Å². The topological polar surface area (TPSA) is 201 Å². The highest BCUT2D eigenvalue weighted by Crippen LogP contribution is 2.49. The number of ether oxygens (including phenoxy) is 2. The monoisotopic (exact) mass is 452 g/mol. The SMILES string of the molecule is OC[C@H]1O[C@H](c2c(O)cc3c(c2O)C[C@@H](O)[C@@H](c2ccc(O)c(O)c2)O3)[C@H](O)[C@@H](O)[C@H]1O. The third-order valence-corrected chi connectivity index (χ3v) is 5.90. The molecular weight excluding hydrogens is 428 g/mol. The molecule has 0 aromatic heterocycles. The number of phenolic OH excluding ortho intramolecular Hbond substituents is 4. The molecule has 11 heteroatoms. The summed E-state index contributed by atoms with van der Waals surface area (Å²) < 4.78 is 11.2. The van der Waals surface area contributed by atoms with Crippen LogP contribution in [0, 0.1) is 0 Å². The van der Waals surface area contributed by atoms with E-state index in [1.807, 2.05) is 0 Å². The third kappa shape index (κ3) is 3.58. The average molecular weight is 452 g/mol. The van der Waals surface area contributed by atoms with Crippen LogP contribution < -0.4 is 4.74 Å². The number of aliphatic hydroxyl groups is 5. The van der Waals surface area contributed by atoms with Gasteiger partial charge in [0.15, 0.2) is 11.5 Å². The lowest BCUT2D eigenvalue weighted by molar-refractivity contribution is -0.232. The molecule has 1 saturated heterocycles. The molecule has 0 spiro atoms. The van der Waals surface area contributed by atoms with Gasteiger partial charge in [0.05, 0.1) is 18.3 Å². The first-order valence-electron chi connectivity index (χ1n) is 9.88. The van der Waals surface area contributed by atoms with E-state index >= 15 is 0 Å². The maximum absolute atomic E-state index is 10.8. The van der Waals surface area contributed by atoms with Crippen molar-refractivity contribution >= 4 is 0 Å². The molecule has 0 unspecified atom stereocenters. The molecule has 32 heavy (non-hydrogen) atoms. The Labute approximate surface area is 181 Å². The molecule has 4 rings (SSSR count). The van der Waals surface area contributed by atoms with E-state index in [0.29, 0.717) is 5.56 Å². The Bertz CT molecular complexity index is 1010. The molecule has 7 atom stereocenters. The fourth-order valence-electron chi connectivity index (χ4n) is 4.15. The molecule has 0 saturated carbocycles. The van der Waals surface area contributed by atoms with Crippen LogP contribution in [0.2, 0.25) is 0 Å². The number of phenols is 4. The van der Waals surface area contributed by atoms with E-state index in [4.69, 9.17) is 9.47 Å². The quantitative estimate of drug-likeness (QED) is 0.260. The fourth-order valence-corrected chi connectivity index (χ4v) is 4.15. The first-order chi connectivity index (χ1) is 15.1. The number of fused-ring (bicyclic) bond motifs is 1. The Kier molecular flexibility index (Phi) is 5.79. The molecule has 11 nitrogen and oxygen atoms in total. The standard InChI is InChI=1S/C21H24O11/c22-6-14-17(28)18(29)19(30)21(32-14)15-11(25)5-13-8(16(15)27)4-12(26)20(31-13)7-1-2-9(23)10(24)3-7/h1-3,5,12,14,17-30H,4,6H2/t12-,14-,17+,18+,19-,20-,21-/m1/s1. The van der Waals surface area contributed by atoms with E-state index < -0.39 is 66.6 Å². The Balaban J connectivity index is 1.70. The number of rotatable bonds is 3. The van der Waals surface area contributed by atoms with Gasteiger partial charge in [0.25, 0.3) is 0 Å². The second-order valence-electron chi connectivity index (χ2n) is 7.94. The smallest absolute Gasteiger partial charge is 0.157 e. The molecule has 2 aliphatic heterocycles. The van der Waals surface area contributed by atoms with Gasteiger partial charge in [0.1, 0.15) is 53.9 Å². The Morgan fingerprint density at radius 3 is 2.19 bits per heavy atom. The molecule has 2 aromatic rings. The summed E-state index contributed by atoms with van der Waals surface area (Å²) >= 11 is 0. The van der Waals surface area contributed by atoms with Gasteiger partial charge in [-0.1, -0.05) is 6.07 Å². The summed E-state index contributed by atoms with van der Waals surface area (Å²) in [6, 6.07) is 5.03. The number of hydrogen-bond acceptors (Lipinski definition) is 11. The van der Waals surface area contributed by atoms with Gasteiger partial charge in [-0.15, -0.1) is 0 Å². The molecule has 0 radical (unpaired) electrons. The summed E-state index contributed by atoms with van der Waals surface area (Å²) in [7, 11) is 0. The minimum Gasteiger partial charge on any atom is -0.507 e. The van der Waals surface area contributed by atoms with Crippen LogP contribution in [0.25, 0.3) is 0 Å². The molecule has 174 valence electrons. The van der Waals surface area contributed by atoms with Gasteiger partial charge in [-0.25, -0.2) is 0 Å². The molecule has 0 bridgehead atoms. The molecule has 9 N–H and O–H groups in total. The van der Waals surface area contributed by atoms with Crippen LogP contribution in [-0.4, -0.2) is 83.1 Å². The van der Waals surface area contributed by atoms with E-state index in [2.05, 4.69) is 0 Å². The van der Waals surface area contributed by atoms with Crippen LogP contribution >= 0.6 is 0 Å². The third-order valence-electron chi connectivity index (χ3n) is 5.90. The van der Waals surface area contributed by atoms with Crippen molar-refractivity contribution in [3.05, 3.63) is 41.0 Å². The Morgan fingerprint density at radius 1 is 0.812 bits per heavy atom. The summed E-state index contributed by atoms with van der Waals surface area (Å²) in [5.74, 6) is -1.83. The summed E-state index contributed by atoms with van der Waals surface area (Å²) in [4.78, 5) is 0. The normalized spacial score (nSPS) is 32.2. The number of aliphatic hydroxyl groups excluding tert-OH is 5. The summed E-state index contributed by atoms with van der Waals surface area (Å²) in [6.45, 7) is -0.684. The molecular formula is C21H24O11. The van der Waals surface area contributed by atoms with Crippen molar-refractivity contribution in [3.8, 4) is 28.7 Å². The lowest BCUT2D eigenvalue weighted by Gasteiger charge is -2.41. The van der Waals surface area contributed by atoms with Crippen LogP contribution in [0.5, 0.6) is 28.7 Å². The lowest BCUT2D eigenvalue weighted by Crippen LogP contribution is -2.55. The van der Waals surface area contributed by atoms with Crippen molar-refractivity contribution in [2.75, 3.05) is 6.61 Å². The Morgan fingerprint density at radius 2 is 1.53 bits per heavy atom. The highest BCUT2D eigenvalue weighted by atomic mass is 16.5. The van der Waals surface area contributed by atoms with Crippen LogP contribution in [-0.2, 0) is 11.2 Å². The van der Waals surface area contributed by atoms with Crippen LogP contribution in [0.15, 0.2) is 24.3 Å². The highest BCUT2D eigenvalue weighted by Gasteiger charge is 2.46. The first-order valence-corrected chi connectivity index (χ1v) is 9.88. The fraction of sp³-hybridized carbons (Fsp3) is 0.429. The van der Waals surface area contributed by atoms with E-state index in [1.165, 1.54) is 18.2 Å². The van der Waals surface area contributed by atoms with Crippen molar-refractivity contribution in [2.45, 2.75) is 49.1 Å². The van der Waals surface area contributed by atoms with E-state index in [0.717, 1.165) is 6.07 Å². The van der Waals surface area contributed by atoms with Crippen molar-refractivity contribution in [2.24, 2.45) is 0 Å². The maximum atomic E-state index is 10.8. The van der Waals surface area contributed by atoms with Crippen molar-refractivity contribution in [3.63, 3.8) is 0 Å². The second-order valence-corrected chi connectivity index (χ2v) is 7.94. The Hall–Kier alpha value is -2.80. The summed E-state index contributed by atoms with van der Waals surface area (Å²) in [5.41, 5.74) is 0.147. The van der Waals surface area contributed by atoms with Crippen LogP contribution in [0.4, 0.5) is 0 Å². The molecule has 1 fully saturated rings. The highest BCUT2D eigenvalue weighted by molar-refractivity contribution is 5.59. The molecule has 2 heterocycles. The van der Waals surface area contributed by atoms with Gasteiger partial charge in [0.2, 0.25) is 0 Å². The van der Waals surface area contributed by atoms with Crippen molar-refractivity contribution < 1.29 is 55.4 Å². The zero-order chi connectivity index (χ0) is 23.3. The predicted molar refractivity (Wildman–Crippen MR) is 105 cm³/mol. The zero-order valence-electron chi connectivity index (χ0n) is 16.6. The molecule has 2 aromatic carbocycles. The molecule has 0 amide bonds. The van der Waals surface area contributed by atoms with E-state index in [1.54, 1.807) is 0 Å². The maximum Gasteiger partial charge on any atom is 0.157 e. The number of hydrogen-bond donors (Lipinski definition) is 9. The molecule has 2 aliphatic rings. The van der Waals surface area contributed by atoms with Crippen LogP contribution in [0.1, 0.15) is 28.9 Å². The predicted octanol–water partition coefficient (Wildman–Crippen LogP) is -0.939. The van der Waals surface area contributed by atoms with Crippen LogP contribution in [0.3, 0.4) is 0 Å². The number of benzene rings is 2. The minimum absolute atomic E-state index is 0.0243.